The highest BCUT2D eigenvalue weighted by molar-refractivity contribution is 6.01. The molecule has 0 spiro atoms. The molecule has 4 rings (SSSR count). The number of aromatic nitrogens is 4. The second kappa shape index (κ2) is 6.29. The zero-order valence-corrected chi connectivity index (χ0v) is 14.4. The number of primary amides is 1. The molecule has 2 aromatic heterocycles. The van der Waals surface area contributed by atoms with E-state index in [1.54, 1.807) is 18.2 Å². The lowest BCUT2D eigenvalue weighted by Gasteiger charge is -2.11. The molecule has 2 heterocycles. The highest BCUT2D eigenvalue weighted by Crippen LogP contribution is 2.33. The minimum absolute atomic E-state index is 0.0441. The van der Waals surface area contributed by atoms with Crippen molar-refractivity contribution >= 4 is 17.1 Å². The summed E-state index contributed by atoms with van der Waals surface area (Å²) in [6.45, 7) is 0. The average molecular weight is 353 g/mol. The maximum Gasteiger partial charge on any atom is 0.332 e. The van der Waals surface area contributed by atoms with E-state index in [0.717, 1.165) is 25.7 Å². The van der Waals surface area contributed by atoms with E-state index in [2.05, 4.69) is 15.0 Å². The lowest BCUT2D eigenvalue weighted by Crippen LogP contribution is -2.17. The van der Waals surface area contributed by atoms with Crippen LogP contribution < -0.4 is 16.2 Å². The predicted octanol–water partition coefficient (Wildman–Crippen LogP) is 1.87. The summed E-state index contributed by atoms with van der Waals surface area (Å²) in [5.41, 5.74) is 6.26. The summed E-state index contributed by atoms with van der Waals surface area (Å²) in [5, 5.41) is 0. The molecule has 0 radical (unpaired) electrons. The number of carbonyl (C=O) groups excluding carboxylic acids is 1. The monoisotopic (exact) mass is 353 g/mol. The van der Waals surface area contributed by atoms with Gasteiger partial charge in [0.25, 0.3) is 5.91 Å². The van der Waals surface area contributed by atoms with Crippen molar-refractivity contribution < 1.29 is 9.53 Å². The molecule has 0 atom stereocenters. The van der Waals surface area contributed by atoms with Gasteiger partial charge in [0.15, 0.2) is 11.3 Å². The van der Waals surface area contributed by atoms with Crippen LogP contribution in [0.2, 0.25) is 0 Å². The van der Waals surface area contributed by atoms with Crippen LogP contribution >= 0.6 is 0 Å². The molecule has 0 saturated heterocycles. The molecule has 1 saturated carbocycles. The fraction of sp³-hybridized carbons (Fsp3) is 0.333. The minimum Gasteiger partial charge on any atom is -0.495 e. The third kappa shape index (κ3) is 2.54. The Kier molecular flexibility index (Phi) is 3.95. The molecule has 0 bridgehead atoms. The first-order chi connectivity index (χ1) is 12.6. The summed E-state index contributed by atoms with van der Waals surface area (Å²) >= 11 is 0. The van der Waals surface area contributed by atoms with Gasteiger partial charge < -0.3 is 15.5 Å². The minimum atomic E-state index is -0.690. The van der Waals surface area contributed by atoms with Gasteiger partial charge in [-0.3, -0.25) is 4.79 Å². The lowest BCUT2D eigenvalue weighted by molar-refractivity contribution is 0.0996. The number of para-hydroxylation sites is 2. The van der Waals surface area contributed by atoms with Crippen LogP contribution in [0.25, 0.3) is 16.9 Å². The maximum atomic E-state index is 12.6. The summed E-state index contributed by atoms with van der Waals surface area (Å²) in [6.07, 6.45) is 4.13. The van der Waals surface area contributed by atoms with Gasteiger partial charge in [-0.15, -0.1) is 0 Å². The van der Waals surface area contributed by atoms with E-state index in [4.69, 9.17) is 10.5 Å². The molecule has 8 nitrogen and oxygen atoms in total. The lowest BCUT2D eigenvalue weighted by atomic mass is 10.1. The topological polar surface area (TPSA) is 116 Å². The van der Waals surface area contributed by atoms with Gasteiger partial charge in [-0.2, -0.15) is 0 Å². The number of hydrogen-bond donors (Lipinski definition) is 2. The van der Waals surface area contributed by atoms with Gasteiger partial charge in [0.2, 0.25) is 0 Å². The largest absolute Gasteiger partial charge is 0.495 e. The number of fused-ring (bicyclic) bond motifs is 1. The first kappa shape index (κ1) is 16.3. The molecular weight excluding hydrogens is 334 g/mol. The van der Waals surface area contributed by atoms with E-state index in [1.807, 2.05) is 6.07 Å². The van der Waals surface area contributed by atoms with Gasteiger partial charge in [0, 0.05) is 5.92 Å². The zero-order valence-electron chi connectivity index (χ0n) is 14.4. The Hall–Kier alpha value is -3.16. The molecule has 3 N–H and O–H groups in total. The van der Waals surface area contributed by atoms with Crippen LogP contribution in [-0.4, -0.2) is 32.5 Å². The Morgan fingerprint density at radius 3 is 2.69 bits per heavy atom. The molecular formula is C18H19N5O3. The number of benzene rings is 1. The standard InChI is InChI=1S/C18H19N5O3/c1-26-12-9-5-4-8-11(12)23-17-14(21-18(23)25)13(15(19)24)20-16(22-17)10-6-2-3-7-10/h4-5,8-10H,2-3,6-7H2,1H3,(H2,19,24)(H,21,25). The Bertz CT molecular complexity index is 1050. The highest BCUT2D eigenvalue weighted by atomic mass is 16.5. The molecule has 0 aliphatic heterocycles. The van der Waals surface area contributed by atoms with Crippen LogP contribution in [0.1, 0.15) is 47.9 Å². The second-order valence-electron chi connectivity index (χ2n) is 6.41. The average Bonchev–Trinajstić information content (AvgIpc) is 3.27. The number of nitrogens with two attached hydrogens (primary N) is 1. The first-order valence-electron chi connectivity index (χ1n) is 8.56. The van der Waals surface area contributed by atoms with Crippen LogP contribution in [0.4, 0.5) is 0 Å². The van der Waals surface area contributed by atoms with Crippen molar-refractivity contribution in [3.05, 3.63) is 46.3 Å². The van der Waals surface area contributed by atoms with Gasteiger partial charge in [-0.1, -0.05) is 25.0 Å². The van der Waals surface area contributed by atoms with E-state index in [0.29, 0.717) is 22.9 Å². The fourth-order valence-corrected chi connectivity index (χ4v) is 3.58. The van der Waals surface area contributed by atoms with Gasteiger partial charge >= 0.3 is 5.69 Å². The van der Waals surface area contributed by atoms with Crippen LogP contribution in [0.15, 0.2) is 29.1 Å². The molecule has 26 heavy (non-hydrogen) atoms. The number of amides is 1. The van der Waals surface area contributed by atoms with Crippen molar-refractivity contribution in [1.82, 2.24) is 19.5 Å². The van der Waals surface area contributed by atoms with Gasteiger partial charge in [0.1, 0.15) is 17.1 Å². The van der Waals surface area contributed by atoms with Crippen molar-refractivity contribution in [3.63, 3.8) is 0 Å². The number of carbonyl (C=O) groups is 1. The third-order valence-electron chi connectivity index (χ3n) is 4.83. The smallest absolute Gasteiger partial charge is 0.332 e. The Balaban J connectivity index is 2.03. The Labute approximate surface area is 149 Å². The van der Waals surface area contributed by atoms with Crippen LogP contribution in [-0.2, 0) is 0 Å². The molecule has 1 aromatic carbocycles. The summed E-state index contributed by atoms with van der Waals surface area (Å²) in [5.74, 6) is 0.572. The van der Waals surface area contributed by atoms with E-state index >= 15 is 0 Å². The second-order valence-corrected chi connectivity index (χ2v) is 6.41. The van der Waals surface area contributed by atoms with Crippen molar-refractivity contribution in [3.8, 4) is 11.4 Å². The summed E-state index contributed by atoms with van der Waals surface area (Å²) in [7, 11) is 1.53. The number of ether oxygens (including phenoxy) is 1. The number of rotatable bonds is 4. The number of H-pyrrole nitrogens is 1. The van der Waals surface area contributed by atoms with Crippen LogP contribution in [0, 0.1) is 0 Å². The number of imidazole rings is 1. The number of nitrogens with zero attached hydrogens (tertiary/aromatic N) is 3. The normalized spacial score (nSPS) is 14.8. The van der Waals surface area contributed by atoms with Crippen molar-refractivity contribution in [2.75, 3.05) is 7.11 Å². The Morgan fingerprint density at radius 1 is 1.27 bits per heavy atom. The highest BCUT2D eigenvalue weighted by Gasteiger charge is 2.25. The van der Waals surface area contributed by atoms with Gasteiger partial charge in [-0.25, -0.2) is 19.3 Å². The van der Waals surface area contributed by atoms with Crippen LogP contribution in [0.5, 0.6) is 5.75 Å². The number of hydrogen-bond acceptors (Lipinski definition) is 5. The summed E-state index contributed by atoms with van der Waals surface area (Å²) < 4.78 is 6.78. The number of methoxy groups -OCH3 is 1. The molecule has 1 aliphatic rings. The van der Waals surface area contributed by atoms with Crippen molar-refractivity contribution in [1.29, 1.82) is 0 Å². The molecule has 0 unspecified atom stereocenters. The predicted molar refractivity (Wildman–Crippen MR) is 95.8 cm³/mol. The molecule has 1 fully saturated rings. The maximum absolute atomic E-state index is 12.6. The summed E-state index contributed by atoms with van der Waals surface area (Å²) in [4.78, 5) is 36.3. The summed E-state index contributed by atoms with van der Waals surface area (Å²) in [6, 6.07) is 7.14. The van der Waals surface area contributed by atoms with Crippen molar-refractivity contribution in [2.45, 2.75) is 31.6 Å². The molecule has 1 aliphatic carbocycles. The van der Waals surface area contributed by atoms with Gasteiger partial charge in [0.05, 0.1) is 12.8 Å². The number of nitrogens with one attached hydrogen (secondary N) is 1. The van der Waals surface area contributed by atoms with E-state index < -0.39 is 11.6 Å². The van der Waals surface area contributed by atoms with E-state index in [-0.39, 0.29) is 17.1 Å². The van der Waals surface area contributed by atoms with E-state index in [9.17, 15) is 9.59 Å². The molecule has 3 aromatic rings. The molecule has 1 amide bonds. The molecule has 134 valence electrons. The van der Waals surface area contributed by atoms with Crippen molar-refractivity contribution in [2.24, 2.45) is 5.73 Å². The third-order valence-corrected chi connectivity index (χ3v) is 4.83. The quantitative estimate of drug-likeness (QED) is 0.743. The number of aromatic amines is 1. The first-order valence-corrected chi connectivity index (χ1v) is 8.56. The van der Waals surface area contributed by atoms with E-state index in [1.165, 1.54) is 11.7 Å². The Morgan fingerprint density at radius 2 is 2.00 bits per heavy atom. The van der Waals surface area contributed by atoms with Crippen LogP contribution in [0.3, 0.4) is 0 Å². The SMILES string of the molecule is COc1ccccc1-n1c(=O)[nH]c2c(C(N)=O)nc(C3CCCC3)nc21. The zero-order chi connectivity index (χ0) is 18.3. The molecule has 8 heteroatoms. The van der Waals surface area contributed by atoms with Gasteiger partial charge in [-0.05, 0) is 25.0 Å². The fourth-order valence-electron chi connectivity index (χ4n) is 3.58.